The van der Waals surface area contributed by atoms with Crippen molar-refractivity contribution in [1.29, 1.82) is 0 Å². The van der Waals surface area contributed by atoms with Gasteiger partial charge in [-0.3, -0.25) is 4.79 Å². The third-order valence-corrected chi connectivity index (χ3v) is 8.10. The molecule has 2 amide bonds. The first-order valence-corrected chi connectivity index (χ1v) is 14.3. The summed E-state index contributed by atoms with van der Waals surface area (Å²) in [4.78, 5) is 29.3. The van der Waals surface area contributed by atoms with Crippen molar-refractivity contribution in [2.24, 2.45) is 0 Å². The molecular formula is C33H37N3O5. The number of carbonyl (C=O) groups is 2. The van der Waals surface area contributed by atoms with E-state index in [0.29, 0.717) is 11.5 Å². The molecule has 8 heteroatoms. The van der Waals surface area contributed by atoms with Gasteiger partial charge in [-0.2, -0.15) is 0 Å². The summed E-state index contributed by atoms with van der Waals surface area (Å²) in [7, 11) is 1.65. The number of methoxy groups -OCH3 is 1. The second kappa shape index (κ2) is 10.3. The van der Waals surface area contributed by atoms with Crippen LogP contribution in [0.5, 0.6) is 17.2 Å². The summed E-state index contributed by atoms with van der Waals surface area (Å²) in [5.41, 5.74) is 4.00. The third kappa shape index (κ3) is 5.07. The van der Waals surface area contributed by atoms with Crippen LogP contribution < -0.4 is 19.7 Å². The van der Waals surface area contributed by atoms with Crippen molar-refractivity contribution in [3.8, 4) is 28.4 Å². The lowest BCUT2D eigenvalue weighted by atomic mass is 9.93. The number of ether oxygens (including phenoxy) is 3. The fourth-order valence-electron chi connectivity index (χ4n) is 6.56. The number of carbonyl (C=O) groups excluding carboxylic acids is 2. The van der Waals surface area contributed by atoms with Gasteiger partial charge in [0.15, 0.2) is 17.2 Å². The molecule has 0 spiro atoms. The van der Waals surface area contributed by atoms with Crippen molar-refractivity contribution < 1.29 is 23.8 Å². The van der Waals surface area contributed by atoms with Gasteiger partial charge in [0.05, 0.1) is 18.5 Å². The van der Waals surface area contributed by atoms with Gasteiger partial charge in [-0.15, -0.1) is 0 Å². The number of hydrogen-bond donors (Lipinski definition) is 1. The first-order valence-electron chi connectivity index (χ1n) is 14.3. The number of nitrogens with one attached hydrogen (secondary N) is 1. The van der Waals surface area contributed by atoms with Crippen molar-refractivity contribution in [1.82, 2.24) is 4.90 Å². The normalized spacial score (nSPS) is 21.0. The zero-order valence-electron chi connectivity index (χ0n) is 24.3. The maximum atomic E-state index is 13.1. The van der Waals surface area contributed by atoms with E-state index in [1.165, 1.54) is 6.92 Å². The fraction of sp³-hybridized carbons (Fsp3) is 0.394. The molecule has 6 rings (SSSR count). The molecule has 214 valence electrons. The van der Waals surface area contributed by atoms with Crippen LogP contribution in [0, 0.1) is 0 Å². The summed E-state index contributed by atoms with van der Waals surface area (Å²) in [6.45, 7) is 7.25. The number of nitrogens with zero attached hydrogens (tertiary/aromatic N) is 2. The van der Waals surface area contributed by atoms with E-state index >= 15 is 0 Å². The molecule has 3 atom stereocenters. The van der Waals surface area contributed by atoms with E-state index in [1.54, 1.807) is 7.11 Å². The molecule has 41 heavy (non-hydrogen) atoms. The van der Waals surface area contributed by atoms with Crippen LogP contribution in [0.25, 0.3) is 11.1 Å². The molecule has 1 unspecified atom stereocenters. The maximum Gasteiger partial charge on any atom is 0.410 e. The number of hydrogen-bond acceptors (Lipinski definition) is 6. The molecule has 8 nitrogen and oxygen atoms in total. The lowest BCUT2D eigenvalue weighted by molar-refractivity contribution is -0.114. The minimum atomic E-state index is -0.526. The van der Waals surface area contributed by atoms with E-state index in [9.17, 15) is 9.59 Å². The van der Waals surface area contributed by atoms with Crippen molar-refractivity contribution in [2.45, 2.75) is 77.1 Å². The summed E-state index contributed by atoms with van der Waals surface area (Å²) in [5.74, 6) is 1.94. The van der Waals surface area contributed by atoms with E-state index in [1.807, 2.05) is 68.1 Å². The Morgan fingerprint density at radius 3 is 2.34 bits per heavy atom. The zero-order valence-corrected chi connectivity index (χ0v) is 24.3. The average Bonchev–Trinajstić information content (AvgIpc) is 3.20. The van der Waals surface area contributed by atoms with E-state index in [2.05, 4.69) is 28.4 Å². The van der Waals surface area contributed by atoms with Gasteiger partial charge in [0, 0.05) is 36.3 Å². The van der Waals surface area contributed by atoms with Gasteiger partial charge in [0.25, 0.3) is 0 Å². The van der Waals surface area contributed by atoms with E-state index < -0.39 is 5.60 Å². The van der Waals surface area contributed by atoms with Gasteiger partial charge in [-0.1, -0.05) is 30.3 Å². The van der Waals surface area contributed by atoms with Crippen molar-refractivity contribution in [2.75, 3.05) is 17.3 Å². The minimum Gasteiger partial charge on any atom is -0.493 e. The lowest BCUT2D eigenvalue weighted by Gasteiger charge is -2.46. The Morgan fingerprint density at radius 1 is 0.927 bits per heavy atom. The molecule has 3 aliphatic rings. The summed E-state index contributed by atoms with van der Waals surface area (Å²) in [5, 5.41) is 2.94. The van der Waals surface area contributed by atoms with Crippen LogP contribution in [0.15, 0.2) is 60.7 Å². The highest BCUT2D eigenvalue weighted by molar-refractivity contribution is 5.95. The Hall–Kier alpha value is -4.20. The summed E-state index contributed by atoms with van der Waals surface area (Å²) < 4.78 is 18.1. The van der Waals surface area contributed by atoms with Crippen LogP contribution in [0.1, 0.15) is 53.4 Å². The van der Waals surface area contributed by atoms with Gasteiger partial charge in [0.1, 0.15) is 5.60 Å². The van der Waals surface area contributed by atoms with Gasteiger partial charge in [0.2, 0.25) is 5.91 Å². The molecule has 2 saturated heterocycles. The standard InChI is InChI=1S/C33H37N3O5/c1-20(37)34-26-10-7-6-9-25(26)21-13-16-27-30(17-21)40-31-28(11-8-12-29(31)39-5)36(27)24-18-22-14-15-23(19-24)35(22)32(38)41-33(2,3)4/h6-13,16-17,22-24H,14-15,18-19H2,1-5H3,(H,34,37)/t22-,23+,24?. The predicted molar refractivity (Wildman–Crippen MR) is 159 cm³/mol. The van der Waals surface area contributed by atoms with E-state index in [-0.39, 0.29) is 30.1 Å². The second-order valence-corrected chi connectivity index (χ2v) is 12.1. The number of piperidine rings is 1. The smallest absolute Gasteiger partial charge is 0.410 e. The zero-order chi connectivity index (χ0) is 28.9. The third-order valence-electron chi connectivity index (χ3n) is 8.10. The molecule has 3 aliphatic heterocycles. The summed E-state index contributed by atoms with van der Waals surface area (Å²) in [6, 6.07) is 20.3. The molecule has 0 saturated carbocycles. The minimum absolute atomic E-state index is 0.121. The van der Waals surface area contributed by atoms with E-state index in [4.69, 9.17) is 14.2 Å². The molecule has 3 heterocycles. The Morgan fingerprint density at radius 2 is 1.66 bits per heavy atom. The highest BCUT2D eigenvalue weighted by atomic mass is 16.6. The van der Waals surface area contributed by atoms with Gasteiger partial charge in [-0.05, 0) is 82.3 Å². The molecule has 2 bridgehead atoms. The van der Waals surface area contributed by atoms with Crippen LogP contribution in [-0.2, 0) is 9.53 Å². The number of rotatable bonds is 4. The quantitative estimate of drug-likeness (QED) is 0.359. The molecule has 0 aliphatic carbocycles. The summed E-state index contributed by atoms with van der Waals surface area (Å²) in [6.07, 6.45) is 3.40. The van der Waals surface area contributed by atoms with Crippen molar-refractivity contribution in [3.05, 3.63) is 60.7 Å². The maximum absolute atomic E-state index is 13.1. The first kappa shape index (κ1) is 27.0. The number of anilines is 3. The number of para-hydroxylation sites is 2. The van der Waals surface area contributed by atoms with Crippen LogP contribution in [0.3, 0.4) is 0 Å². The molecule has 3 aromatic carbocycles. The SMILES string of the molecule is COc1cccc2c1Oc1cc(-c3ccccc3NC(C)=O)ccc1N2C1C[C@H]2CC[C@@H](C1)N2C(=O)OC(C)(C)C. The average molecular weight is 556 g/mol. The molecular weight excluding hydrogens is 518 g/mol. The van der Waals surface area contributed by atoms with E-state index in [0.717, 1.165) is 59.6 Å². The Balaban J connectivity index is 1.38. The van der Waals surface area contributed by atoms with Crippen LogP contribution in [-0.4, -0.2) is 47.7 Å². The fourth-order valence-corrected chi connectivity index (χ4v) is 6.56. The van der Waals surface area contributed by atoms with Crippen LogP contribution in [0.4, 0.5) is 21.9 Å². The summed E-state index contributed by atoms with van der Waals surface area (Å²) >= 11 is 0. The Bertz CT molecular complexity index is 1480. The molecule has 0 aromatic heterocycles. The first-order chi connectivity index (χ1) is 19.6. The predicted octanol–water partition coefficient (Wildman–Crippen LogP) is 7.49. The lowest BCUT2D eigenvalue weighted by Crippen LogP contribution is -2.53. The van der Waals surface area contributed by atoms with Gasteiger partial charge in [-0.25, -0.2) is 4.79 Å². The highest BCUT2D eigenvalue weighted by Gasteiger charge is 2.47. The van der Waals surface area contributed by atoms with Gasteiger partial charge < -0.3 is 29.3 Å². The largest absolute Gasteiger partial charge is 0.493 e. The highest BCUT2D eigenvalue weighted by Crippen LogP contribution is 2.54. The second-order valence-electron chi connectivity index (χ2n) is 12.1. The number of benzene rings is 3. The van der Waals surface area contributed by atoms with Crippen molar-refractivity contribution in [3.63, 3.8) is 0 Å². The molecule has 0 radical (unpaired) electrons. The Kier molecular flexibility index (Phi) is 6.80. The van der Waals surface area contributed by atoms with Crippen LogP contribution in [0.2, 0.25) is 0 Å². The topological polar surface area (TPSA) is 80.3 Å². The number of fused-ring (bicyclic) bond motifs is 4. The van der Waals surface area contributed by atoms with Crippen LogP contribution >= 0.6 is 0 Å². The molecule has 1 N–H and O–H groups in total. The van der Waals surface area contributed by atoms with Crippen molar-refractivity contribution >= 4 is 29.1 Å². The Labute approximate surface area is 241 Å². The monoisotopic (exact) mass is 555 g/mol. The van der Waals surface area contributed by atoms with Gasteiger partial charge >= 0.3 is 6.09 Å². The number of amides is 2. The molecule has 3 aromatic rings. The molecule has 2 fully saturated rings.